The van der Waals surface area contributed by atoms with Gasteiger partial charge in [0.15, 0.2) is 0 Å². The van der Waals surface area contributed by atoms with Gasteiger partial charge in [-0.1, -0.05) is 6.07 Å². The van der Waals surface area contributed by atoms with Crippen LogP contribution in [0.4, 0.5) is 4.79 Å². The van der Waals surface area contributed by atoms with Crippen LogP contribution in [-0.4, -0.2) is 47.9 Å². The van der Waals surface area contributed by atoms with Gasteiger partial charge in [0.2, 0.25) is 0 Å². The van der Waals surface area contributed by atoms with Crippen molar-refractivity contribution in [1.82, 2.24) is 10.2 Å². The number of urea groups is 1. The molecule has 0 saturated heterocycles. The quantitative estimate of drug-likeness (QED) is 0.761. The third kappa shape index (κ3) is 6.35. The van der Waals surface area contributed by atoms with Crippen molar-refractivity contribution in [3.05, 3.63) is 29.3 Å². The largest absolute Gasteiger partial charge is 0.492 e. The number of hydrogen-bond acceptors (Lipinski definition) is 3. The first-order valence-corrected chi connectivity index (χ1v) is 7.73. The van der Waals surface area contributed by atoms with Crippen molar-refractivity contribution in [2.75, 3.05) is 19.7 Å². The van der Waals surface area contributed by atoms with Gasteiger partial charge in [-0.2, -0.15) is 0 Å². The summed E-state index contributed by atoms with van der Waals surface area (Å²) in [5.41, 5.74) is 2.31. The van der Waals surface area contributed by atoms with E-state index in [9.17, 15) is 9.90 Å². The van der Waals surface area contributed by atoms with Gasteiger partial charge >= 0.3 is 6.03 Å². The molecule has 124 valence electrons. The molecular weight excluding hydrogens is 280 g/mol. The van der Waals surface area contributed by atoms with Crippen LogP contribution in [0.2, 0.25) is 0 Å². The van der Waals surface area contributed by atoms with Crippen LogP contribution in [0.3, 0.4) is 0 Å². The van der Waals surface area contributed by atoms with Gasteiger partial charge in [0, 0.05) is 12.6 Å². The number of hydrogen-bond donors (Lipinski definition) is 2. The van der Waals surface area contributed by atoms with Gasteiger partial charge in [0.05, 0.1) is 12.6 Å². The Morgan fingerprint density at radius 2 is 1.82 bits per heavy atom. The number of amides is 2. The molecule has 0 radical (unpaired) electrons. The Morgan fingerprint density at radius 3 is 2.32 bits per heavy atom. The van der Waals surface area contributed by atoms with Gasteiger partial charge in [0.1, 0.15) is 12.4 Å². The van der Waals surface area contributed by atoms with Gasteiger partial charge in [0.25, 0.3) is 0 Å². The highest BCUT2D eigenvalue weighted by molar-refractivity contribution is 5.74. The van der Waals surface area contributed by atoms with Crippen LogP contribution in [0, 0.1) is 13.8 Å². The Kier molecular flexibility index (Phi) is 7.18. The molecule has 1 aromatic carbocycles. The molecule has 5 nitrogen and oxygen atoms in total. The van der Waals surface area contributed by atoms with E-state index in [-0.39, 0.29) is 12.1 Å². The van der Waals surface area contributed by atoms with Crippen LogP contribution in [0.25, 0.3) is 0 Å². The van der Waals surface area contributed by atoms with Crippen molar-refractivity contribution in [3.8, 4) is 5.75 Å². The normalized spacial score (nSPS) is 12.1. The zero-order chi connectivity index (χ0) is 16.7. The molecule has 0 aliphatic rings. The molecule has 22 heavy (non-hydrogen) atoms. The molecule has 1 aromatic rings. The van der Waals surface area contributed by atoms with Gasteiger partial charge in [-0.25, -0.2) is 4.79 Å². The van der Waals surface area contributed by atoms with E-state index < -0.39 is 6.10 Å². The van der Waals surface area contributed by atoms with Gasteiger partial charge < -0.3 is 20.1 Å². The van der Waals surface area contributed by atoms with Crippen LogP contribution in [0.1, 0.15) is 31.9 Å². The van der Waals surface area contributed by atoms with E-state index >= 15 is 0 Å². The summed E-state index contributed by atoms with van der Waals surface area (Å²) in [7, 11) is 0. The maximum Gasteiger partial charge on any atom is 0.317 e. The molecule has 0 aliphatic heterocycles. The summed E-state index contributed by atoms with van der Waals surface area (Å²) in [5.74, 6) is 0.816. The van der Waals surface area contributed by atoms with Crippen molar-refractivity contribution in [3.63, 3.8) is 0 Å². The van der Waals surface area contributed by atoms with Crippen LogP contribution >= 0.6 is 0 Å². The minimum atomic E-state index is -0.542. The smallest absolute Gasteiger partial charge is 0.317 e. The summed E-state index contributed by atoms with van der Waals surface area (Å²) in [6, 6.07) is 5.89. The van der Waals surface area contributed by atoms with E-state index in [1.807, 2.05) is 39.8 Å². The molecular formula is C17H28N2O3. The molecule has 5 heteroatoms. The summed E-state index contributed by atoms with van der Waals surface area (Å²) in [5, 5.41) is 12.3. The lowest BCUT2D eigenvalue weighted by molar-refractivity contribution is 0.118. The summed E-state index contributed by atoms with van der Waals surface area (Å²) in [6.45, 7) is 10.7. The van der Waals surface area contributed by atoms with E-state index in [1.54, 1.807) is 11.8 Å². The first-order valence-electron chi connectivity index (χ1n) is 7.73. The predicted molar refractivity (Wildman–Crippen MR) is 88.3 cm³/mol. The van der Waals surface area contributed by atoms with E-state index in [2.05, 4.69) is 11.4 Å². The minimum Gasteiger partial charge on any atom is -0.492 e. The molecule has 2 N–H and O–H groups in total. The van der Waals surface area contributed by atoms with E-state index in [1.165, 1.54) is 0 Å². The van der Waals surface area contributed by atoms with Crippen molar-refractivity contribution in [1.29, 1.82) is 0 Å². The Labute approximate surface area is 133 Å². The van der Waals surface area contributed by atoms with E-state index in [4.69, 9.17) is 4.74 Å². The van der Waals surface area contributed by atoms with Crippen molar-refractivity contribution < 1.29 is 14.6 Å². The van der Waals surface area contributed by atoms with Crippen LogP contribution in [0.5, 0.6) is 5.75 Å². The topological polar surface area (TPSA) is 61.8 Å². The molecule has 0 aliphatic carbocycles. The van der Waals surface area contributed by atoms with Crippen LogP contribution in [0.15, 0.2) is 18.2 Å². The Hall–Kier alpha value is -1.75. The molecule has 0 heterocycles. The number of rotatable bonds is 7. The van der Waals surface area contributed by atoms with Crippen LogP contribution in [-0.2, 0) is 0 Å². The number of nitrogens with zero attached hydrogens (tertiary/aromatic N) is 1. The number of carbonyl (C=O) groups excluding carboxylic acids is 1. The SMILES string of the molecule is Cc1cc(C)cc(OCCNC(=O)N(CC(C)O)C(C)C)c1. The highest BCUT2D eigenvalue weighted by Crippen LogP contribution is 2.15. The maximum absolute atomic E-state index is 12.1. The summed E-state index contributed by atoms with van der Waals surface area (Å²) < 4.78 is 5.66. The van der Waals surface area contributed by atoms with Crippen LogP contribution < -0.4 is 10.1 Å². The number of aliphatic hydroxyl groups excluding tert-OH is 1. The molecule has 1 rings (SSSR count). The molecule has 1 atom stereocenters. The number of nitrogens with one attached hydrogen (secondary N) is 1. The maximum atomic E-state index is 12.1. The summed E-state index contributed by atoms with van der Waals surface area (Å²) in [6.07, 6.45) is -0.542. The first kappa shape index (κ1) is 18.3. The third-order valence-corrected chi connectivity index (χ3v) is 3.19. The number of aliphatic hydroxyl groups is 1. The molecule has 0 aromatic heterocycles. The zero-order valence-electron chi connectivity index (χ0n) is 14.2. The lowest BCUT2D eigenvalue weighted by atomic mass is 10.1. The van der Waals surface area contributed by atoms with E-state index in [0.29, 0.717) is 19.7 Å². The second kappa shape index (κ2) is 8.63. The molecule has 0 saturated carbocycles. The standard InChI is InChI=1S/C17H28N2O3/c1-12(2)19(11-15(5)20)17(21)18-6-7-22-16-9-13(3)8-14(4)10-16/h8-10,12,15,20H,6-7,11H2,1-5H3,(H,18,21). The van der Waals surface area contributed by atoms with Gasteiger partial charge in [-0.3, -0.25) is 0 Å². The van der Waals surface area contributed by atoms with Gasteiger partial charge in [-0.05, 0) is 57.9 Å². The lowest BCUT2D eigenvalue weighted by Gasteiger charge is -2.28. The van der Waals surface area contributed by atoms with Crippen molar-refractivity contribution in [2.24, 2.45) is 0 Å². The average molecular weight is 308 g/mol. The van der Waals surface area contributed by atoms with E-state index in [0.717, 1.165) is 16.9 Å². The number of carbonyl (C=O) groups is 1. The summed E-state index contributed by atoms with van der Waals surface area (Å²) in [4.78, 5) is 13.7. The first-order chi connectivity index (χ1) is 10.3. The number of benzene rings is 1. The Morgan fingerprint density at radius 1 is 1.23 bits per heavy atom. The monoisotopic (exact) mass is 308 g/mol. The minimum absolute atomic E-state index is 0.0370. The number of aryl methyl sites for hydroxylation is 2. The Bertz CT molecular complexity index is 467. The fourth-order valence-corrected chi connectivity index (χ4v) is 2.26. The fraction of sp³-hybridized carbons (Fsp3) is 0.588. The van der Waals surface area contributed by atoms with Crippen molar-refractivity contribution in [2.45, 2.75) is 46.8 Å². The molecule has 1 unspecified atom stereocenters. The second-order valence-corrected chi connectivity index (χ2v) is 6.00. The molecule has 0 spiro atoms. The summed E-state index contributed by atoms with van der Waals surface area (Å²) >= 11 is 0. The second-order valence-electron chi connectivity index (χ2n) is 6.00. The predicted octanol–water partition coefficient (Wildman–Crippen LogP) is 2.48. The highest BCUT2D eigenvalue weighted by atomic mass is 16.5. The zero-order valence-corrected chi connectivity index (χ0v) is 14.2. The molecule has 2 amide bonds. The molecule has 0 bridgehead atoms. The fourth-order valence-electron chi connectivity index (χ4n) is 2.26. The Balaban J connectivity index is 2.40. The molecule has 0 fully saturated rings. The highest BCUT2D eigenvalue weighted by Gasteiger charge is 2.17. The van der Waals surface area contributed by atoms with Crippen molar-refractivity contribution >= 4 is 6.03 Å². The average Bonchev–Trinajstić information content (AvgIpc) is 2.39. The van der Waals surface area contributed by atoms with Gasteiger partial charge in [-0.15, -0.1) is 0 Å². The number of ether oxygens (including phenoxy) is 1. The lowest BCUT2D eigenvalue weighted by Crippen LogP contribution is -2.47. The third-order valence-electron chi connectivity index (χ3n) is 3.19.